The summed E-state index contributed by atoms with van der Waals surface area (Å²) in [6, 6.07) is 8.30. The van der Waals surface area contributed by atoms with Crippen LogP contribution in [0.5, 0.6) is 0 Å². The fourth-order valence-electron chi connectivity index (χ4n) is 1.85. The molecule has 0 fully saturated rings. The van der Waals surface area contributed by atoms with E-state index in [0.717, 1.165) is 0 Å². The summed E-state index contributed by atoms with van der Waals surface area (Å²) in [5.74, 6) is 0.272. The highest BCUT2D eigenvalue weighted by atomic mass is 35.5. The molecule has 0 radical (unpaired) electrons. The van der Waals surface area contributed by atoms with Gasteiger partial charge in [-0.15, -0.1) is 5.10 Å². The lowest BCUT2D eigenvalue weighted by Gasteiger charge is -2.00. The molecule has 7 nitrogen and oxygen atoms in total. The van der Waals surface area contributed by atoms with E-state index in [-0.39, 0.29) is 11.7 Å². The highest BCUT2D eigenvalue weighted by Gasteiger charge is 2.15. The van der Waals surface area contributed by atoms with E-state index < -0.39 is 5.91 Å². The van der Waals surface area contributed by atoms with Crippen LogP contribution in [0.2, 0.25) is 10.0 Å². The summed E-state index contributed by atoms with van der Waals surface area (Å²) in [6.45, 7) is 2.43. The van der Waals surface area contributed by atoms with Crippen molar-refractivity contribution >= 4 is 35.1 Å². The number of furan rings is 1. The molecule has 0 aliphatic rings. The van der Waals surface area contributed by atoms with Crippen LogP contribution in [0.25, 0.3) is 11.3 Å². The number of halogens is 2. The van der Waals surface area contributed by atoms with Gasteiger partial charge in [-0.2, -0.15) is 4.80 Å². The predicted molar refractivity (Wildman–Crippen MR) is 85.6 cm³/mol. The van der Waals surface area contributed by atoms with Crippen molar-refractivity contribution in [3.05, 3.63) is 46.1 Å². The molecule has 23 heavy (non-hydrogen) atoms. The SMILES string of the molecule is CCn1nnc(NC(=O)c2ccc(-c3ccc(Cl)c(Cl)c3)o2)n1. The van der Waals surface area contributed by atoms with Gasteiger partial charge in [0, 0.05) is 5.56 Å². The van der Waals surface area contributed by atoms with Gasteiger partial charge >= 0.3 is 0 Å². The molecule has 0 unspecified atom stereocenters. The van der Waals surface area contributed by atoms with Crippen LogP contribution in [-0.2, 0) is 6.54 Å². The van der Waals surface area contributed by atoms with E-state index in [9.17, 15) is 4.79 Å². The average Bonchev–Trinajstić information content (AvgIpc) is 3.19. The molecular weight excluding hydrogens is 341 g/mol. The van der Waals surface area contributed by atoms with E-state index in [4.69, 9.17) is 27.6 Å². The number of benzene rings is 1. The summed E-state index contributed by atoms with van der Waals surface area (Å²) in [5.41, 5.74) is 0.716. The summed E-state index contributed by atoms with van der Waals surface area (Å²) < 4.78 is 5.54. The van der Waals surface area contributed by atoms with Crippen LogP contribution in [0.3, 0.4) is 0 Å². The Bertz CT molecular complexity index is 858. The number of carbonyl (C=O) groups excluding carboxylic acids is 1. The standard InChI is InChI=1S/C14H11Cl2N5O2/c1-2-21-19-14(18-20-21)17-13(22)12-6-5-11(23-12)8-3-4-9(15)10(16)7-8/h3-7H,2H2,1H3,(H,17,19,22). The van der Waals surface area contributed by atoms with Gasteiger partial charge in [0.15, 0.2) is 5.76 Å². The molecule has 1 aromatic carbocycles. The fourth-order valence-corrected chi connectivity index (χ4v) is 2.15. The van der Waals surface area contributed by atoms with Gasteiger partial charge in [0.1, 0.15) is 5.76 Å². The number of tetrazole rings is 1. The Kier molecular flexibility index (Phi) is 4.31. The molecule has 0 atom stereocenters. The predicted octanol–water partition coefficient (Wildman–Crippen LogP) is 3.51. The summed E-state index contributed by atoms with van der Waals surface area (Å²) in [6.07, 6.45) is 0. The zero-order valence-electron chi connectivity index (χ0n) is 12.0. The number of nitrogens with one attached hydrogen (secondary N) is 1. The van der Waals surface area contributed by atoms with Gasteiger partial charge in [-0.3, -0.25) is 10.1 Å². The van der Waals surface area contributed by atoms with E-state index >= 15 is 0 Å². The minimum absolute atomic E-state index is 0.115. The Morgan fingerprint density at radius 2 is 2.09 bits per heavy atom. The number of anilines is 1. The van der Waals surface area contributed by atoms with Gasteiger partial charge < -0.3 is 4.42 Å². The molecule has 0 aliphatic carbocycles. The van der Waals surface area contributed by atoms with Crippen LogP contribution >= 0.6 is 23.2 Å². The quantitative estimate of drug-likeness (QED) is 0.777. The second-order valence-corrected chi connectivity index (χ2v) is 5.36. The van der Waals surface area contributed by atoms with Crippen LogP contribution in [0.1, 0.15) is 17.5 Å². The third kappa shape index (κ3) is 3.35. The van der Waals surface area contributed by atoms with Gasteiger partial charge in [-0.05, 0) is 42.5 Å². The molecule has 0 bridgehead atoms. The van der Waals surface area contributed by atoms with Crippen molar-refractivity contribution < 1.29 is 9.21 Å². The molecule has 3 rings (SSSR count). The van der Waals surface area contributed by atoms with E-state index in [1.807, 2.05) is 6.92 Å². The van der Waals surface area contributed by atoms with E-state index in [1.165, 1.54) is 4.80 Å². The summed E-state index contributed by atoms with van der Waals surface area (Å²) in [7, 11) is 0. The van der Waals surface area contributed by atoms with Crippen molar-refractivity contribution in [1.82, 2.24) is 20.2 Å². The van der Waals surface area contributed by atoms with Crippen LogP contribution in [-0.4, -0.2) is 26.1 Å². The van der Waals surface area contributed by atoms with E-state index in [1.54, 1.807) is 30.3 Å². The highest BCUT2D eigenvalue weighted by Crippen LogP contribution is 2.29. The van der Waals surface area contributed by atoms with Crippen molar-refractivity contribution in [2.75, 3.05) is 5.32 Å². The van der Waals surface area contributed by atoms with Gasteiger partial charge in [0.05, 0.1) is 16.6 Å². The molecule has 0 spiro atoms. The Morgan fingerprint density at radius 1 is 1.26 bits per heavy atom. The Hall–Kier alpha value is -2.38. The number of amides is 1. The maximum atomic E-state index is 12.1. The minimum atomic E-state index is -0.466. The molecule has 1 amide bonds. The van der Waals surface area contributed by atoms with Gasteiger partial charge in [0.25, 0.3) is 11.9 Å². The van der Waals surface area contributed by atoms with Gasteiger partial charge in [-0.25, -0.2) is 0 Å². The Morgan fingerprint density at radius 3 is 2.78 bits per heavy atom. The maximum Gasteiger partial charge on any atom is 0.293 e. The second kappa shape index (κ2) is 6.39. The molecule has 118 valence electrons. The number of rotatable bonds is 4. The van der Waals surface area contributed by atoms with Gasteiger partial charge in [0.2, 0.25) is 0 Å². The molecule has 0 saturated carbocycles. The summed E-state index contributed by atoms with van der Waals surface area (Å²) in [5, 5.41) is 14.8. The second-order valence-electron chi connectivity index (χ2n) is 4.55. The number of aromatic nitrogens is 4. The number of hydrogen-bond acceptors (Lipinski definition) is 5. The topological polar surface area (TPSA) is 85.8 Å². The molecule has 9 heteroatoms. The largest absolute Gasteiger partial charge is 0.451 e. The first kappa shape index (κ1) is 15.5. The number of hydrogen-bond donors (Lipinski definition) is 1. The van der Waals surface area contributed by atoms with Crippen LogP contribution in [0.15, 0.2) is 34.7 Å². The third-order valence-corrected chi connectivity index (χ3v) is 3.73. The number of aryl methyl sites for hydroxylation is 1. The van der Waals surface area contributed by atoms with Crippen LogP contribution in [0, 0.1) is 0 Å². The van der Waals surface area contributed by atoms with Crippen molar-refractivity contribution in [2.24, 2.45) is 0 Å². The fraction of sp³-hybridized carbons (Fsp3) is 0.143. The van der Waals surface area contributed by atoms with Crippen molar-refractivity contribution in [3.8, 4) is 11.3 Å². The van der Waals surface area contributed by atoms with Crippen LogP contribution < -0.4 is 5.32 Å². The Balaban J connectivity index is 1.77. The monoisotopic (exact) mass is 351 g/mol. The maximum absolute atomic E-state index is 12.1. The first-order valence-corrected chi connectivity index (χ1v) is 7.47. The first-order chi connectivity index (χ1) is 11.1. The minimum Gasteiger partial charge on any atom is -0.451 e. The normalized spacial score (nSPS) is 10.7. The third-order valence-electron chi connectivity index (χ3n) is 2.99. The lowest BCUT2D eigenvalue weighted by molar-refractivity contribution is 0.0996. The van der Waals surface area contributed by atoms with E-state index in [2.05, 4.69) is 20.7 Å². The zero-order valence-corrected chi connectivity index (χ0v) is 13.5. The van der Waals surface area contributed by atoms with Crippen molar-refractivity contribution in [3.63, 3.8) is 0 Å². The van der Waals surface area contributed by atoms with E-state index in [0.29, 0.717) is 27.9 Å². The average molecular weight is 352 g/mol. The van der Waals surface area contributed by atoms with Crippen molar-refractivity contribution in [1.29, 1.82) is 0 Å². The molecular formula is C14H11Cl2N5O2. The molecule has 1 N–H and O–H groups in total. The Labute approximate surface area is 141 Å². The number of nitrogens with zero attached hydrogens (tertiary/aromatic N) is 4. The van der Waals surface area contributed by atoms with Gasteiger partial charge in [-0.1, -0.05) is 28.3 Å². The summed E-state index contributed by atoms with van der Waals surface area (Å²) >= 11 is 11.9. The zero-order chi connectivity index (χ0) is 16.4. The lowest BCUT2D eigenvalue weighted by Crippen LogP contribution is -2.12. The lowest BCUT2D eigenvalue weighted by atomic mass is 10.2. The molecule has 3 aromatic rings. The smallest absolute Gasteiger partial charge is 0.293 e. The highest BCUT2D eigenvalue weighted by molar-refractivity contribution is 6.42. The number of carbonyl (C=O) groups is 1. The molecule has 0 saturated heterocycles. The molecule has 2 aromatic heterocycles. The first-order valence-electron chi connectivity index (χ1n) is 6.71. The van der Waals surface area contributed by atoms with Crippen molar-refractivity contribution in [2.45, 2.75) is 13.5 Å². The molecule has 2 heterocycles. The van der Waals surface area contributed by atoms with Crippen LogP contribution in [0.4, 0.5) is 5.95 Å². The molecule has 0 aliphatic heterocycles. The summed E-state index contributed by atoms with van der Waals surface area (Å²) in [4.78, 5) is 13.5.